The molecule has 0 saturated heterocycles. The summed E-state index contributed by atoms with van der Waals surface area (Å²) in [6.07, 6.45) is 0. The fourth-order valence-electron chi connectivity index (χ4n) is 2.29. The Kier molecular flexibility index (Phi) is 4.74. The minimum absolute atomic E-state index is 0.0373. The lowest BCUT2D eigenvalue weighted by molar-refractivity contribution is -0.384. The average Bonchev–Trinajstić information content (AvgIpc) is 3.04. The van der Waals surface area contributed by atoms with Gasteiger partial charge in [-0.3, -0.25) is 10.1 Å². The van der Waals surface area contributed by atoms with Crippen molar-refractivity contribution in [2.45, 2.75) is 19.6 Å². The van der Waals surface area contributed by atoms with Crippen LogP contribution in [0.15, 0.2) is 59.0 Å². The molecule has 0 saturated carbocycles. The number of non-ortho nitro benzene ring substituents is 1. The first kappa shape index (κ1) is 17.6. The summed E-state index contributed by atoms with van der Waals surface area (Å²) in [6, 6.07) is 15.9. The Labute approximate surface area is 152 Å². The second kappa shape index (κ2) is 6.98. The number of hydrogen-bond acceptors (Lipinski definition) is 4. The number of nitro groups is 1. The van der Waals surface area contributed by atoms with Crippen LogP contribution in [0.5, 0.6) is 0 Å². The van der Waals surface area contributed by atoms with Gasteiger partial charge in [-0.15, -0.1) is 5.54 Å². The van der Waals surface area contributed by atoms with E-state index in [-0.39, 0.29) is 5.69 Å². The highest BCUT2D eigenvalue weighted by Crippen LogP contribution is 2.29. The monoisotopic (exact) mass is 362 g/mol. The first-order chi connectivity index (χ1) is 12.3. The van der Waals surface area contributed by atoms with Crippen LogP contribution in [0.1, 0.15) is 5.76 Å². The molecule has 130 valence electrons. The fourth-order valence-corrected chi connectivity index (χ4v) is 2.78. The highest BCUT2D eigenvalue weighted by atomic mass is 28.3. The molecule has 0 aliphatic carbocycles. The van der Waals surface area contributed by atoms with E-state index in [2.05, 4.69) is 36.1 Å². The van der Waals surface area contributed by atoms with Gasteiger partial charge in [0.2, 0.25) is 11.7 Å². The molecule has 0 aliphatic heterocycles. The third-order valence-corrected chi connectivity index (χ3v) is 4.43. The minimum atomic E-state index is -1.60. The van der Waals surface area contributed by atoms with Crippen molar-refractivity contribution >= 4 is 13.8 Å². The highest BCUT2D eigenvalue weighted by Gasteiger charge is 2.17. The lowest BCUT2D eigenvalue weighted by atomic mass is 10.1. The number of aromatic nitrogens is 1. The third-order valence-electron chi connectivity index (χ3n) is 3.55. The number of benzene rings is 2. The third kappa shape index (κ3) is 4.07. The van der Waals surface area contributed by atoms with E-state index in [1.165, 1.54) is 12.1 Å². The Balaban J connectivity index is 2.10. The molecular weight excluding hydrogens is 344 g/mol. The second-order valence-electron chi connectivity index (χ2n) is 6.87. The van der Waals surface area contributed by atoms with E-state index in [0.717, 1.165) is 11.1 Å². The molecule has 0 N–H and O–H groups in total. The van der Waals surface area contributed by atoms with E-state index in [1.54, 1.807) is 12.1 Å². The van der Waals surface area contributed by atoms with Crippen LogP contribution in [0.2, 0.25) is 19.6 Å². The van der Waals surface area contributed by atoms with E-state index >= 15 is 0 Å². The zero-order valence-electron chi connectivity index (χ0n) is 14.8. The van der Waals surface area contributed by atoms with Crippen molar-refractivity contribution in [3.8, 4) is 34.2 Å². The molecule has 6 heteroatoms. The van der Waals surface area contributed by atoms with Gasteiger partial charge in [-0.25, -0.2) is 4.98 Å². The molecule has 0 amide bonds. The van der Waals surface area contributed by atoms with Gasteiger partial charge >= 0.3 is 0 Å². The van der Waals surface area contributed by atoms with Gasteiger partial charge in [-0.1, -0.05) is 37.8 Å². The summed E-state index contributed by atoms with van der Waals surface area (Å²) in [7, 11) is -1.60. The Morgan fingerprint density at radius 2 is 1.65 bits per heavy atom. The zero-order valence-corrected chi connectivity index (χ0v) is 15.8. The topological polar surface area (TPSA) is 69.2 Å². The number of rotatable bonds is 3. The maximum atomic E-state index is 10.9. The van der Waals surface area contributed by atoms with Crippen molar-refractivity contribution in [3.05, 3.63) is 70.5 Å². The van der Waals surface area contributed by atoms with Gasteiger partial charge in [0.1, 0.15) is 13.8 Å². The summed E-state index contributed by atoms with van der Waals surface area (Å²) in [6.45, 7) is 6.46. The number of hydrogen-bond donors (Lipinski definition) is 0. The molecule has 0 bridgehead atoms. The van der Waals surface area contributed by atoms with Gasteiger partial charge in [0.25, 0.3) is 5.69 Å². The second-order valence-corrected chi connectivity index (χ2v) is 11.6. The summed E-state index contributed by atoms with van der Waals surface area (Å²) < 4.78 is 5.93. The van der Waals surface area contributed by atoms with Crippen molar-refractivity contribution in [1.29, 1.82) is 0 Å². The van der Waals surface area contributed by atoms with Crippen LogP contribution >= 0.6 is 0 Å². The molecule has 0 unspecified atom stereocenters. The Morgan fingerprint density at radius 3 is 2.23 bits per heavy atom. The van der Waals surface area contributed by atoms with Crippen molar-refractivity contribution in [1.82, 2.24) is 4.98 Å². The van der Waals surface area contributed by atoms with Crippen molar-refractivity contribution in [3.63, 3.8) is 0 Å². The Bertz CT molecular complexity index is 992. The van der Waals surface area contributed by atoms with Crippen molar-refractivity contribution in [2.24, 2.45) is 0 Å². The van der Waals surface area contributed by atoms with Crippen molar-refractivity contribution < 1.29 is 9.34 Å². The highest BCUT2D eigenvalue weighted by molar-refractivity contribution is 6.83. The number of oxazole rings is 1. The first-order valence-electron chi connectivity index (χ1n) is 8.18. The summed E-state index contributed by atoms with van der Waals surface area (Å²) in [4.78, 5) is 15.1. The molecule has 1 aromatic heterocycles. The lowest BCUT2D eigenvalue weighted by Gasteiger charge is -2.03. The summed E-state index contributed by atoms with van der Waals surface area (Å²) in [5, 5.41) is 10.9. The quantitative estimate of drug-likeness (QED) is 0.280. The van der Waals surface area contributed by atoms with Gasteiger partial charge in [0.15, 0.2) is 0 Å². The summed E-state index contributed by atoms with van der Waals surface area (Å²) >= 11 is 0. The maximum absolute atomic E-state index is 10.9. The maximum Gasteiger partial charge on any atom is 0.269 e. The van der Waals surface area contributed by atoms with Crippen LogP contribution in [-0.2, 0) is 0 Å². The molecule has 1 heterocycles. The van der Waals surface area contributed by atoms with Gasteiger partial charge < -0.3 is 4.42 Å². The van der Waals surface area contributed by atoms with Crippen LogP contribution in [-0.4, -0.2) is 18.0 Å². The predicted octanol–water partition coefficient (Wildman–Crippen LogP) is 5.15. The summed E-state index contributed by atoms with van der Waals surface area (Å²) in [5.41, 5.74) is 5.52. The zero-order chi connectivity index (χ0) is 18.7. The molecule has 26 heavy (non-hydrogen) atoms. The molecule has 3 rings (SSSR count). The van der Waals surface area contributed by atoms with E-state index in [1.807, 2.05) is 30.3 Å². The molecule has 5 nitrogen and oxygen atoms in total. The van der Waals surface area contributed by atoms with Gasteiger partial charge in [-0.2, -0.15) is 0 Å². The lowest BCUT2D eigenvalue weighted by Crippen LogP contribution is -2.16. The fraction of sp³-hybridized carbons (Fsp3) is 0.150. The normalized spacial score (nSPS) is 10.9. The molecule has 0 aliphatic rings. The van der Waals surface area contributed by atoms with Crippen LogP contribution in [0.25, 0.3) is 22.7 Å². The summed E-state index contributed by atoms with van der Waals surface area (Å²) in [5.74, 6) is 4.10. The van der Waals surface area contributed by atoms with Crippen LogP contribution < -0.4 is 0 Å². The van der Waals surface area contributed by atoms with E-state index in [4.69, 9.17) is 4.42 Å². The largest absolute Gasteiger partial charge is 0.427 e. The van der Waals surface area contributed by atoms with Gasteiger partial charge in [0.05, 0.1) is 4.92 Å². The molecule has 0 fully saturated rings. The van der Waals surface area contributed by atoms with Gasteiger partial charge in [-0.05, 0) is 30.2 Å². The smallest absolute Gasteiger partial charge is 0.269 e. The Hall–Kier alpha value is -3.17. The molecule has 0 spiro atoms. The van der Waals surface area contributed by atoms with E-state index in [0.29, 0.717) is 17.3 Å². The number of nitrogens with zero attached hydrogens (tertiary/aromatic N) is 2. The van der Waals surface area contributed by atoms with E-state index < -0.39 is 13.0 Å². The van der Waals surface area contributed by atoms with Gasteiger partial charge in [0, 0.05) is 23.3 Å². The first-order valence-corrected chi connectivity index (χ1v) is 11.7. The minimum Gasteiger partial charge on any atom is -0.427 e. The SMILES string of the molecule is C[Si](C)(C)C#Cc1oc(-c2ccccc2)nc1-c1ccc([N+](=O)[O-])cc1. The average molecular weight is 362 g/mol. The standard InChI is InChI=1S/C20H18N2O3Si/c1-26(2,3)14-13-18-19(15-9-11-17(12-10-15)22(23)24)21-20(25-18)16-7-5-4-6-8-16/h4-12H,1-3H3. The molecule has 2 aromatic carbocycles. The van der Waals surface area contributed by atoms with Crippen LogP contribution in [0.3, 0.4) is 0 Å². The van der Waals surface area contributed by atoms with E-state index in [9.17, 15) is 10.1 Å². The number of nitro benzene ring substituents is 1. The molecule has 0 radical (unpaired) electrons. The molecule has 0 atom stereocenters. The predicted molar refractivity (Wildman–Crippen MR) is 104 cm³/mol. The molecule has 3 aromatic rings. The Morgan fingerprint density at radius 1 is 1.00 bits per heavy atom. The van der Waals surface area contributed by atoms with Crippen LogP contribution in [0, 0.1) is 21.6 Å². The molecular formula is C20H18N2O3Si. The van der Waals surface area contributed by atoms with Crippen LogP contribution in [0.4, 0.5) is 5.69 Å². The van der Waals surface area contributed by atoms with Crippen molar-refractivity contribution in [2.75, 3.05) is 0 Å².